The van der Waals surface area contributed by atoms with Crippen LogP contribution in [0.5, 0.6) is 0 Å². The minimum absolute atomic E-state index is 0.304. The quantitative estimate of drug-likeness (QED) is 0.845. The maximum absolute atomic E-state index is 13.1. The lowest BCUT2D eigenvalue weighted by Gasteiger charge is -2.06. The molecule has 1 aromatic heterocycles. The van der Waals surface area contributed by atoms with Gasteiger partial charge in [-0.05, 0) is 42.8 Å². The van der Waals surface area contributed by atoms with Crippen molar-refractivity contribution in [2.24, 2.45) is 0 Å². The lowest BCUT2D eigenvalue weighted by atomic mass is 10.2. The van der Waals surface area contributed by atoms with Crippen molar-refractivity contribution >= 4 is 23.2 Å². The number of rotatable bonds is 2. The molecule has 1 heterocycles. The number of aromatic nitrogens is 1. The van der Waals surface area contributed by atoms with E-state index in [9.17, 15) is 9.18 Å². The summed E-state index contributed by atoms with van der Waals surface area (Å²) in [5, 5.41) is 2.98. The molecule has 92 valence electrons. The van der Waals surface area contributed by atoms with Gasteiger partial charge in [-0.15, -0.1) is 0 Å². The predicted molar refractivity (Wildman–Crippen MR) is 68.3 cm³/mol. The Morgan fingerprint density at radius 3 is 2.72 bits per heavy atom. The van der Waals surface area contributed by atoms with Gasteiger partial charge in [0.25, 0.3) is 5.91 Å². The van der Waals surface area contributed by atoms with E-state index in [1.807, 2.05) is 0 Å². The standard InChI is InChI=1S/C13H10ClFN2O/c1-8-6-10(3-4-11(8)15)17-13(18)9-2-5-12(14)16-7-9/h2-7H,1H3,(H,17,18). The Morgan fingerprint density at radius 2 is 2.11 bits per heavy atom. The number of halogens is 2. The second-order valence-corrected chi connectivity index (χ2v) is 4.17. The smallest absolute Gasteiger partial charge is 0.257 e. The van der Waals surface area contributed by atoms with Crippen LogP contribution in [0.15, 0.2) is 36.5 Å². The summed E-state index contributed by atoms with van der Waals surface area (Å²) in [4.78, 5) is 15.7. The number of anilines is 1. The number of aryl methyl sites for hydroxylation is 1. The molecule has 0 atom stereocenters. The van der Waals surface area contributed by atoms with E-state index in [-0.39, 0.29) is 11.7 Å². The molecule has 0 aliphatic rings. The van der Waals surface area contributed by atoms with Crippen LogP contribution in [0.1, 0.15) is 15.9 Å². The Balaban J connectivity index is 2.16. The fourth-order valence-electron chi connectivity index (χ4n) is 1.44. The summed E-state index contributed by atoms with van der Waals surface area (Å²) in [5.74, 6) is -0.619. The molecule has 18 heavy (non-hydrogen) atoms. The van der Waals surface area contributed by atoms with Gasteiger partial charge in [-0.25, -0.2) is 9.37 Å². The number of hydrogen-bond acceptors (Lipinski definition) is 2. The summed E-state index contributed by atoms with van der Waals surface area (Å²) in [6, 6.07) is 7.48. The highest BCUT2D eigenvalue weighted by Crippen LogP contribution is 2.15. The molecule has 5 heteroatoms. The minimum atomic E-state index is -0.315. The van der Waals surface area contributed by atoms with Crippen LogP contribution in [0, 0.1) is 12.7 Å². The summed E-state index contributed by atoms with van der Waals surface area (Å²) >= 11 is 5.63. The zero-order chi connectivity index (χ0) is 13.1. The van der Waals surface area contributed by atoms with Gasteiger partial charge < -0.3 is 5.32 Å². The third-order valence-electron chi connectivity index (χ3n) is 2.41. The Hall–Kier alpha value is -1.94. The molecule has 0 spiro atoms. The summed E-state index contributed by atoms with van der Waals surface area (Å²) in [5.41, 5.74) is 1.40. The van der Waals surface area contributed by atoms with Crippen LogP contribution < -0.4 is 5.32 Å². The van der Waals surface area contributed by atoms with Gasteiger partial charge in [-0.2, -0.15) is 0 Å². The number of nitrogens with zero attached hydrogens (tertiary/aromatic N) is 1. The first-order chi connectivity index (χ1) is 8.56. The molecule has 3 nitrogen and oxygen atoms in total. The van der Waals surface area contributed by atoms with Crippen molar-refractivity contribution in [3.63, 3.8) is 0 Å². The van der Waals surface area contributed by atoms with Crippen molar-refractivity contribution in [1.29, 1.82) is 0 Å². The molecule has 2 aromatic rings. The van der Waals surface area contributed by atoms with E-state index in [1.54, 1.807) is 19.1 Å². The lowest BCUT2D eigenvalue weighted by molar-refractivity contribution is 0.102. The van der Waals surface area contributed by atoms with Gasteiger partial charge in [0.15, 0.2) is 0 Å². The van der Waals surface area contributed by atoms with Crippen LogP contribution in [-0.2, 0) is 0 Å². The summed E-state index contributed by atoms with van der Waals surface area (Å²) < 4.78 is 13.1. The zero-order valence-corrected chi connectivity index (χ0v) is 10.3. The molecule has 1 N–H and O–H groups in total. The Morgan fingerprint density at radius 1 is 1.33 bits per heavy atom. The maximum atomic E-state index is 13.1. The molecule has 0 aliphatic heterocycles. The number of carbonyl (C=O) groups excluding carboxylic acids is 1. The van der Waals surface area contributed by atoms with E-state index in [2.05, 4.69) is 10.3 Å². The van der Waals surface area contributed by atoms with Gasteiger partial charge in [0.2, 0.25) is 0 Å². The molecular weight excluding hydrogens is 255 g/mol. The second-order valence-electron chi connectivity index (χ2n) is 3.79. The largest absolute Gasteiger partial charge is 0.322 e. The lowest BCUT2D eigenvalue weighted by Crippen LogP contribution is -2.12. The van der Waals surface area contributed by atoms with E-state index in [0.29, 0.717) is 22.0 Å². The van der Waals surface area contributed by atoms with Gasteiger partial charge in [0.1, 0.15) is 11.0 Å². The molecule has 1 amide bonds. The Labute approximate surface area is 109 Å². The van der Waals surface area contributed by atoms with Crippen molar-refractivity contribution in [1.82, 2.24) is 4.98 Å². The van der Waals surface area contributed by atoms with Crippen molar-refractivity contribution in [2.75, 3.05) is 5.32 Å². The number of hydrogen-bond donors (Lipinski definition) is 1. The molecule has 0 bridgehead atoms. The maximum Gasteiger partial charge on any atom is 0.257 e. The van der Waals surface area contributed by atoms with Gasteiger partial charge in [-0.1, -0.05) is 11.6 Å². The van der Waals surface area contributed by atoms with Crippen LogP contribution in [0.3, 0.4) is 0 Å². The zero-order valence-electron chi connectivity index (χ0n) is 9.58. The molecule has 0 aliphatic carbocycles. The Kier molecular flexibility index (Phi) is 3.58. The molecule has 0 radical (unpaired) electrons. The van der Waals surface area contributed by atoms with Crippen molar-refractivity contribution in [3.8, 4) is 0 Å². The predicted octanol–water partition coefficient (Wildman–Crippen LogP) is 3.43. The van der Waals surface area contributed by atoms with Crippen molar-refractivity contribution in [3.05, 3.63) is 58.6 Å². The topological polar surface area (TPSA) is 42.0 Å². The van der Waals surface area contributed by atoms with E-state index in [4.69, 9.17) is 11.6 Å². The molecule has 1 aromatic carbocycles. The highest BCUT2D eigenvalue weighted by Gasteiger charge is 2.07. The van der Waals surface area contributed by atoms with E-state index >= 15 is 0 Å². The normalized spacial score (nSPS) is 10.2. The molecule has 0 fully saturated rings. The number of nitrogens with one attached hydrogen (secondary N) is 1. The summed E-state index contributed by atoms with van der Waals surface area (Å²) in [6.07, 6.45) is 1.38. The molecular formula is C13H10ClFN2O. The molecule has 0 saturated carbocycles. The molecule has 0 unspecified atom stereocenters. The third kappa shape index (κ3) is 2.84. The summed E-state index contributed by atoms with van der Waals surface area (Å²) in [6.45, 7) is 1.63. The number of pyridine rings is 1. The first-order valence-electron chi connectivity index (χ1n) is 5.25. The number of benzene rings is 1. The van der Waals surface area contributed by atoms with E-state index in [0.717, 1.165) is 0 Å². The SMILES string of the molecule is Cc1cc(NC(=O)c2ccc(Cl)nc2)ccc1F. The number of carbonyl (C=O) groups is 1. The van der Waals surface area contributed by atoms with Crippen molar-refractivity contribution in [2.45, 2.75) is 6.92 Å². The average molecular weight is 265 g/mol. The van der Waals surface area contributed by atoms with Gasteiger partial charge in [0.05, 0.1) is 5.56 Å². The Bertz CT molecular complexity index is 584. The average Bonchev–Trinajstić information content (AvgIpc) is 2.34. The fraction of sp³-hybridized carbons (Fsp3) is 0.0769. The van der Waals surface area contributed by atoms with Crippen LogP contribution in [0.25, 0.3) is 0 Å². The molecule has 2 rings (SSSR count). The molecule has 0 saturated heterocycles. The van der Waals surface area contributed by atoms with Gasteiger partial charge in [-0.3, -0.25) is 4.79 Å². The monoisotopic (exact) mass is 264 g/mol. The van der Waals surface area contributed by atoms with Crippen molar-refractivity contribution < 1.29 is 9.18 Å². The van der Waals surface area contributed by atoms with Crippen LogP contribution in [0.2, 0.25) is 5.15 Å². The van der Waals surface area contributed by atoms with Gasteiger partial charge in [0, 0.05) is 11.9 Å². The fourth-order valence-corrected chi connectivity index (χ4v) is 1.55. The van der Waals surface area contributed by atoms with E-state index < -0.39 is 0 Å². The highest BCUT2D eigenvalue weighted by molar-refractivity contribution is 6.29. The van der Waals surface area contributed by atoms with Crippen LogP contribution in [0.4, 0.5) is 10.1 Å². The van der Waals surface area contributed by atoms with Crippen LogP contribution >= 0.6 is 11.6 Å². The number of amides is 1. The minimum Gasteiger partial charge on any atom is -0.322 e. The first kappa shape index (κ1) is 12.5. The van der Waals surface area contributed by atoms with E-state index in [1.165, 1.54) is 24.4 Å². The van der Waals surface area contributed by atoms with Crippen LogP contribution in [-0.4, -0.2) is 10.9 Å². The first-order valence-corrected chi connectivity index (χ1v) is 5.63. The third-order valence-corrected chi connectivity index (χ3v) is 2.63. The highest BCUT2D eigenvalue weighted by atomic mass is 35.5. The second kappa shape index (κ2) is 5.14. The summed E-state index contributed by atoms with van der Waals surface area (Å²) in [7, 11) is 0. The van der Waals surface area contributed by atoms with Gasteiger partial charge >= 0.3 is 0 Å².